The second-order valence-electron chi connectivity index (χ2n) is 6.22. The molecule has 10 heteroatoms. The van der Waals surface area contributed by atoms with Crippen molar-refractivity contribution in [2.45, 2.75) is 31.3 Å². The number of carboxylic acids is 1. The average molecular weight is 393 g/mol. The zero-order valence-electron chi connectivity index (χ0n) is 13.9. The fraction of sp³-hybridized carbons (Fsp3) is 0.375. The summed E-state index contributed by atoms with van der Waals surface area (Å²) < 4.78 is 3.94. The Morgan fingerprint density at radius 1 is 1.58 bits per heavy atom. The normalized spacial score (nSPS) is 20.7. The van der Waals surface area contributed by atoms with E-state index in [2.05, 4.69) is 5.32 Å². The van der Waals surface area contributed by atoms with Crippen LogP contribution in [0.1, 0.15) is 25.2 Å². The van der Waals surface area contributed by atoms with Gasteiger partial charge in [0.2, 0.25) is 17.1 Å². The maximum absolute atomic E-state index is 11.9. The Kier molecular flexibility index (Phi) is 4.23. The summed E-state index contributed by atoms with van der Waals surface area (Å²) in [5, 5.41) is 14.3. The highest BCUT2D eigenvalue weighted by Gasteiger charge is 2.45. The van der Waals surface area contributed by atoms with Crippen molar-refractivity contribution < 1.29 is 24.1 Å². The van der Waals surface area contributed by atoms with E-state index in [9.17, 15) is 19.5 Å². The van der Waals surface area contributed by atoms with E-state index in [1.807, 2.05) is 33.7 Å². The first-order valence-corrected chi connectivity index (χ1v) is 10.0. The van der Waals surface area contributed by atoms with Crippen molar-refractivity contribution in [3.05, 3.63) is 34.9 Å². The molecule has 2 aliphatic heterocycles. The van der Waals surface area contributed by atoms with E-state index in [0.717, 1.165) is 10.7 Å². The third-order valence-electron chi connectivity index (χ3n) is 4.64. The summed E-state index contributed by atoms with van der Waals surface area (Å²) in [5.74, 6) is 0.214. The molecule has 4 heterocycles. The summed E-state index contributed by atoms with van der Waals surface area (Å²) in [4.78, 5) is 37.0. The Balaban J connectivity index is 1.76. The van der Waals surface area contributed by atoms with Crippen LogP contribution < -0.4 is 9.88 Å². The lowest BCUT2D eigenvalue weighted by molar-refractivity contribution is -0.696. The molecule has 8 nitrogen and oxygen atoms in total. The van der Waals surface area contributed by atoms with E-state index < -0.39 is 5.97 Å². The highest BCUT2D eigenvalue weighted by molar-refractivity contribution is 8.00. The fourth-order valence-electron chi connectivity index (χ4n) is 3.48. The number of carbonyl (C=O) groups excluding carboxylic acids is 2. The van der Waals surface area contributed by atoms with Crippen LogP contribution in [0.5, 0.6) is 0 Å². The van der Waals surface area contributed by atoms with Crippen LogP contribution >= 0.6 is 23.1 Å². The summed E-state index contributed by atoms with van der Waals surface area (Å²) >= 11 is 3.16. The molecule has 0 saturated carbocycles. The first-order chi connectivity index (χ1) is 12.5. The van der Waals surface area contributed by atoms with Gasteiger partial charge in [0, 0.05) is 16.7 Å². The molecule has 0 spiro atoms. The van der Waals surface area contributed by atoms with Crippen molar-refractivity contribution in [3.63, 3.8) is 0 Å². The number of aliphatic carboxylic acids is 1. The number of carboxylic acid groups (broad SMARTS) is 1. The van der Waals surface area contributed by atoms with Crippen molar-refractivity contribution >= 4 is 46.2 Å². The van der Waals surface area contributed by atoms with Gasteiger partial charge in [-0.3, -0.25) is 14.5 Å². The van der Waals surface area contributed by atoms with Crippen LogP contribution in [0.3, 0.4) is 0 Å². The van der Waals surface area contributed by atoms with Crippen molar-refractivity contribution in [3.8, 4) is 0 Å². The number of carbonyl (C=O) groups is 3. The molecule has 136 valence electrons. The van der Waals surface area contributed by atoms with Crippen LogP contribution in [0.2, 0.25) is 0 Å². The Morgan fingerprint density at radius 3 is 3.08 bits per heavy atom. The average Bonchev–Trinajstić information content (AvgIpc) is 3.15. The zero-order chi connectivity index (χ0) is 18.4. The van der Waals surface area contributed by atoms with E-state index in [1.165, 1.54) is 4.90 Å². The van der Waals surface area contributed by atoms with Crippen molar-refractivity contribution in [2.75, 3.05) is 5.75 Å². The predicted molar refractivity (Wildman–Crippen MR) is 95.5 cm³/mol. The number of nitrogens with zero attached hydrogens (tertiary/aromatic N) is 3. The number of thioether (sulfide) groups is 1. The van der Waals surface area contributed by atoms with Crippen molar-refractivity contribution in [1.29, 1.82) is 0 Å². The maximum Gasteiger partial charge on any atom is 0.352 e. The molecule has 4 rings (SSSR count). The van der Waals surface area contributed by atoms with E-state index in [-0.39, 0.29) is 23.0 Å². The number of rotatable bonds is 6. The molecular weight excluding hydrogens is 376 g/mol. The molecule has 0 aliphatic carbocycles. The van der Waals surface area contributed by atoms with Gasteiger partial charge in [-0.25, -0.2) is 9.36 Å². The lowest BCUT2D eigenvalue weighted by Crippen LogP contribution is -2.55. The predicted octanol–water partition coefficient (Wildman–Crippen LogP) is 0.739. The van der Waals surface area contributed by atoms with Crippen LogP contribution in [0, 0.1) is 0 Å². The number of hydrogen-bond acceptors (Lipinski definition) is 5. The Labute approximate surface area is 157 Å². The van der Waals surface area contributed by atoms with Crippen LogP contribution in [-0.2, 0) is 20.9 Å². The zero-order valence-corrected chi connectivity index (χ0v) is 15.5. The van der Waals surface area contributed by atoms with E-state index in [1.54, 1.807) is 23.1 Å². The minimum Gasteiger partial charge on any atom is -0.477 e. The van der Waals surface area contributed by atoms with Gasteiger partial charge < -0.3 is 10.4 Å². The Morgan fingerprint density at radius 2 is 2.38 bits per heavy atom. The number of aromatic nitrogens is 2. The Hall–Kier alpha value is -2.33. The quantitative estimate of drug-likeness (QED) is 0.429. The number of hydrogen-bond donors (Lipinski definition) is 2. The third kappa shape index (κ3) is 2.60. The van der Waals surface area contributed by atoms with Crippen LogP contribution in [0.15, 0.2) is 29.0 Å². The molecule has 2 aliphatic rings. The maximum atomic E-state index is 11.9. The minimum atomic E-state index is -1.07. The van der Waals surface area contributed by atoms with E-state index in [4.69, 9.17) is 0 Å². The number of β-lactam (4-membered cyclic amide) rings is 1. The molecule has 1 fully saturated rings. The van der Waals surface area contributed by atoms with Gasteiger partial charge in [-0.2, -0.15) is 4.40 Å². The molecule has 2 atom stereocenters. The molecule has 26 heavy (non-hydrogen) atoms. The monoisotopic (exact) mass is 393 g/mol. The van der Waals surface area contributed by atoms with E-state index in [0.29, 0.717) is 30.7 Å². The van der Waals surface area contributed by atoms with Gasteiger partial charge in [0.05, 0.1) is 11.8 Å². The summed E-state index contributed by atoms with van der Waals surface area (Å²) in [6, 6.07) is -0.242. The van der Waals surface area contributed by atoms with Gasteiger partial charge in [-0.1, -0.05) is 11.3 Å². The summed E-state index contributed by atoms with van der Waals surface area (Å²) in [6.45, 7) is 2.24. The molecule has 0 aromatic carbocycles. The Bertz CT molecular complexity index is 947. The van der Waals surface area contributed by atoms with Gasteiger partial charge in [0.15, 0.2) is 0 Å². The van der Waals surface area contributed by atoms with Gasteiger partial charge in [-0.05, 0) is 6.92 Å². The first kappa shape index (κ1) is 17.1. The number of amides is 2. The highest BCUT2D eigenvalue weighted by atomic mass is 32.2. The number of nitrogens with one attached hydrogen (secondary N) is 1. The summed E-state index contributed by atoms with van der Waals surface area (Å²) in [5.41, 5.74) is 0.809. The third-order valence-corrected chi connectivity index (χ3v) is 6.72. The molecule has 2 N–H and O–H groups in total. The molecule has 2 amide bonds. The van der Waals surface area contributed by atoms with Crippen molar-refractivity contribution in [2.24, 2.45) is 0 Å². The molecule has 0 unspecified atom stereocenters. The number of fused-ring (bicyclic) bond motifs is 2. The molecular formula is C16H17N4O4S2+. The van der Waals surface area contributed by atoms with Crippen LogP contribution in [0.25, 0.3) is 4.83 Å². The van der Waals surface area contributed by atoms with Gasteiger partial charge in [-0.15, -0.1) is 11.8 Å². The molecule has 2 aromatic heterocycles. The largest absolute Gasteiger partial charge is 0.477 e. The first-order valence-electron chi connectivity index (χ1n) is 8.07. The molecule has 0 radical (unpaired) electrons. The second kappa shape index (κ2) is 6.44. The molecule has 2 aromatic rings. The standard InChI is InChI=1S/C16H16N4O4S2/c1-9(17-8-21)15-18(6-13-19(15)2-3-25-13)5-10-7-26-12-4-11(22)20(12)14(10)16(23)24/h2-3,6,8-9,12H,4-5,7H2,1H3,(H-,17,21,23,24)/p+1/t9-,12-/m1/s1. The number of imidazole rings is 1. The van der Waals surface area contributed by atoms with Crippen LogP contribution in [0.4, 0.5) is 0 Å². The lowest BCUT2D eigenvalue weighted by Gasteiger charge is -2.43. The smallest absolute Gasteiger partial charge is 0.352 e. The van der Waals surface area contributed by atoms with Crippen LogP contribution in [-0.4, -0.2) is 43.8 Å². The second-order valence-corrected chi connectivity index (χ2v) is 8.32. The topological polar surface area (TPSA) is 95.0 Å². The SMILES string of the molecule is C[C@@H](NC=O)c1n2ccsc2c[n+]1CC1=C(C(=O)O)N2C(=O)C[C@H]2SC1. The summed E-state index contributed by atoms with van der Waals surface area (Å²) in [6.07, 6.45) is 4.92. The van der Waals surface area contributed by atoms with Gasteiger partial charge in [0.25, 0.3) is 5.82 Å². The molecule has 0 bridgehead atoms. The van der Waals surface area contributed by atoms with Gasteiger partial charge >= 0.3 is 5.97 Å². The van der Waals surface area contributed by atoms with Crippen molar-refractivity contribution in [1.82, 2.24) is 14.6 Å². The minimum absolute atomic E-state index is 0.0602. The number of thiazole rings is 1. The van der Waals surface area contributed by atoms with E-state index >= 15 is 0 Å². The summed E-state index contributed by atoms with van der Waals surface area (Å²) in [7, 11) is 0. The highest BCUT2D eigenvalue weighted by Crippen LogP contribution is 2.40. The lowest BCUT2D eigenvalue weighted by atomic mass is 10.1. The fourth-order valence-corrected chi connectivity index (χ4v) is 5.51. The van der Waals surface area contributed by atoms with Gasteiger partial charge in [0.1, 0.15) is 30.7 Å². The molecule has 1 saturated heterocycles.